The van der Waals surface area contributed by atoms with E-state index in [0.29, 0.717) is 17.5 Å². The predicted molar refractivity (Wildman–Crippen MR) is 116 cm³/mol. The van der Waals surface area contributed by atoms with Crippen LogP contribution in [0.3, 0.4) is 0 Å². The predicted octanol–water partition coefficient (Wildman–Crippen LogP) is 4.56. The number of nitriles is 1. The number of hydrogen-bond acceptors (Lipinski definition) is 5. The monoisotopic (exact) mass is 442 g/mol. The number of piperazine rings is 1. The number of rotatable bonds is 5. The minimum Gasteiger partial charge on any atom is -0.497 e. The standard InChI is InChI=1S/C22H27BrN4O/c1-15(2)21-20(23)11-18(12-24)22(25-21)27-10-9-26(16(3)13-27)14-17-5-7-19(28-4)8-6-17/h5-8,11,15-16H,9-10,13-14H2,1-4H3/t16-/m1/s1. The summed E-state index contributed by atoms with van der Waals surface area (Å²) >= 11 is 3.57. The van der Waals surface area contributed by atoms with Crippen molar-refractivity contribution in [3.8, 4) is 11.8 Å². The van der Waals surface area contributed by atoms with Crippen molar-refractivity contribution in [2.75, 3.05) is 31.6 Å². The Labute approximate surface area is 176 Å². The van der Waals surface area contributed by atoms with Gasteiger partial charge in [0.2, 0.25) is 0 Å². The molecule has 0 radical (unpaired) electrons. The van der Waals surface area contributed by atoms with Crippen molar-refractivity contribution in [3.63, 3.8) is 0 Å². The van der Waals surface area contributed by atoms with Crippen molar-refractivity contribution in [2.24, 2.45) is 0 Å². The molecular weight excluding hydrogens is 416 g/mol. The summed E-state index contributed by atoms with van der Waals surface area (Å²) in [6.45, 7) is 10.1. The first kappa shape index (κ1) is 20.6. The molecule has 1 aliphatic heterocycles. The summed E-state index contributed by atoms with van der Waals surface area (Å²) in [6, 6.07) is 12.9. The van der Waals surface area contributed by atoms with Crippen molar-refractivity contribution >= 4 is 21.7 Å². The molecule has 0 aliphatic carbocycles. The van der Waals surface area contributed by atoms with Crippen LogP contribution in [0.2, 0.25) is 0 Å². The van der Waals surface area contributed by atoms with Crippen molar-refractivity contribution in [1.82, 2.24) is 9.88 Å². The minimum absolute atomic E-state index is 0.301. The Balaban J connectivity index is 1.74. The summed E-state index contributed by atoms with van der Waals surface area (Å²) in [4.78, 5) is 9.59. The molecule has 2 aromatic rings. The molecule has 0 saturated carbocycles. The maximum Gasteiger partial charge on any atom is 0.147 e. The molecule has 1 aliphatic rings. The van der Waals surface area contributed by atoms with Gasteiger partial charge >= 0.3 is 0 Å². The second-order valence-electron chi connectivity index (χ2n) is 7.61. The number of benzene rings is 1. The highest BCUT2D eigenvalue weighted by Gasteiger charge is 2.27. The van der Waals surface area contributed by atoms with Crippen LogP contribution in [-0.4, -0.2) is 42.7 Å². The van der Waals surface area contributed by atoms with Crippen LogP contribution in [0.4, 0.5) is 5.82 Å². The van der Waals surface area contributed by atoms with Gasteiger partial charge in [-0.1, -0.05) is 26.0 Å². The fourth-order valence-electron chi connectivity index (χ4n) is 3.61. The van der Waals surface area contributed by atoms with Crippen molar-refractivity contribution in [1.29, 1.82) is 5.26 Å². The third-order valence-corrected chi connectivity index (χ3v) is 5.89. The Kier molecular flexibility index (Phi) is 6.58. The first-order valence-corrected chi connectivity index (χ1v) is 10.4. The Bertz CT molecular complexity index is 860. The Morgan fingerprint density at radius 1 is 1.29 bits per heavy atom. The summed E-state index contributed by atoms with van der Waals surface area (Å²) in [5, 5.41) is 9.60. The van der Waals surface area contributed by atoms with E-state index in [1.165, 1.54) is 5.56 Å². The number of aromatic nitrogens is 1. The van der Waals surface area contributed by atoms with Crippen LogP contribution in [0.1, 0.15) is 43.5 Å². The highest BCUT2D eigenvalue weighted by molar-refractivity contribution is 9.10. The van der Waals surface area contributed by atoms with Crippen LogP contribution in [-0.2, 0) is 6.54 Å². The molecule has 6 heteroatoms. The third-order valence-electron chi connectivity index (χ3n) is 5.26. The summed E-state index contributed by atoms with van der Waals surface area (Å²) in [6.07, 6.45) is 0. The van der Waals surface area contributed by atoms with Gasteiger partial charge < -0.3 is 9.64 Å². The second kappa shape index (κ2) is 8.93. The zero-order chi connectivity index (χ0) is 20.3. The molecule has 1 fully saturated rings. The van der Waals surface area contributed by atoms with Gasteiger partial charge in [0.05, 0.1) is 18.4 Å². The lowest BCUT2D eigenvalue weighted by Gasteiger charge is -2.41. The molecule has 1 aromatic carbocycles. The van der Waals surface area contributed by atoms with Gasteiger partial charge in [0.25, 0.3) is 0 Å². The lowest BCUT2D eigenvalue weighted by molar-refractivity contribution is 0.180. The molecular formula is C22H27BrN4O. The van der Waals surface area contributed by atoms with Gasteiger partial charge in [-0.05, 0) is 52.5 Å². The van der Waals surface area contributed by atoms with Crippen LogP contribution in [0.5, 0.6) is 5.75 Å². The van der Waals surface area contributed by atoms with Gasteiger partial charge in [-0.3, -0.25) is 4.90 Å². The van der Waals surface area contributed by atoms with Gasteiger partial charge in [0.1, 0.15) is 17.6 Å². The van der Waals surface area contributed by atoms with E-state index in [1.54, 1.807) is 7.11 Å². The molecule has 0 amide bonds. The number of nitrogens with zero attached hydrogens (tertiary/aromatic N) is 4. The summed E-state index contributed by atoms with van der Waals surface area (Å²) in [5.74, 6) is 1.99. The quantitative estimate of drug-likeness (QED) is 0.678. The second-order valence-corrected chi connectivity index (χ2v) is 8.46. The Hall–Kier alpha value is -2.10. The number of methoxy groups -OCH3 is 1. The van der Waals surface area contributed by atoms with Crippen molar-refractivity contribution in [3.05, 3.63) is 51.6 Å². The Morgan fingerprint density at radius 2 is 2.00 bits per heavy atom. The summed E-state index contributed by atoms with van der Waals surface area (Å²) < 4.78 is 6.15. The molecule has 1 saturated heterocycles. The molecule has 3 rings (SSSR count). The average Bonchev–Trinajstić information content (AvgIpc) is 2.69. The van der Waals surface area contributed by atoms with Crippen LogP contribution >= 0.6 is 15.9 Å². The van der Waals surface area contributed by atoms with E-state index in [4.69, 9.17) is 9.72 Å². The molecule has 2 heterocycles. The van der Waals surface area contributed by atoms with E-state index in [1.807, 2.05) is 18.2 Å². The number of ether oxygens (including phenoxy) is 1. The highest BCUT2D eigenvalue weighted by atomic mass is 79.9. The highest BCUT2D eigenvalue weighted by Crippen LogP contribution is 2.30. The fraction of sp³-hybridized carbons (Fsp3) is 0.455. The van der Waals surface area contributed by atoms with E-state index in [2.05, 4.69) is 64.7 Å². The van der Waals surface area contributed by atoms with Crippen LogP contribution in [0.15, 0.2) is 34.8 Å². The van der Waals surface area contributed by atoms with Gasteiger partial charge in [0, 0.05) is 36.7 Å². The molecule has 1 atom stereocenters. The smallest absolute Gasteiger partial charge is 0.147 e. The topological polar surface area (TPSA) is 52.4 Å². The van der Waals surface area contributed by atoms with Crippen LogP contribution in [0, 0.1) is 11.3 Å². The molecule has 28 heavy (non-hydrogen) atoms. The van der Waals surface area contributed by atoms with Gasteiger partial charge in [-0.2, -0.15) is 5.26 Å². The lowest BCUT2D eigenvalue weighted by Crippen LogP contribution is -2.52. The molecule has 0 unspecified atom stereocenters. The maximum absolute atomic E-state index is 9.60. The van der Waals surface area contributed by atoms with Gasteiger partial charge in [-0.15, -0.1) is 0 Å². The first-order chi connectivity index (χ1) is 13.4. The molecule has 0 spiro atoms. The van der Waals surface area contributed by atoms with E-state index in [0.717, 1.165) is 47.9 Å². The SMILES string of the molecule is COc1ccc(CN2CCN(c3nc(C(C)C)c(Br)cc3C#N)C[C@H]2C)cc1. The lowest BCUT2D eigenvalue weighted by atomic mass is 10.1. The zero-order valence-electron chi connectivity index (χ0n) is 16.9. The first-order valence-electron chi connectivity index (χ1n) is 9.65. The number of pyridine rings is 1. The number of anilines is 1. The van der Waals surface area contributed by atoms with Crippen LogP contribution < -0.4 is 9.64 Å². The van der Waals surface area contributed by atoms with E-state index >= 15 is 0 Å². The molecule has 0 N–H and O–H groups in total. The summed E-state index contributed by atoms with van der Waals surface area (Å²) in [7, 11) is 1.69. The molecule has 148 valence electrons. The maximum atomic E-state index is 9.60. The average molecular weight is 443 g/mol. The third kappa shape index (κ3) is 4.48. The fourth-order valence-corrected chi connectivity index (χ4v) is 4.38. The normalized spacial score (nSPS) is 17.6. The minimum atomic E-state index is 0.301. The van der Waals surface area contributed by atoms with Crippen molar-refractivity contribution < 1.29 is 4.74 Å². The van der Waals surface area contributed by atoms with Gasteiger partial charge in [0.15, 0.2) is 0 Å². The Morgan fingerprint density at radius 3 is 2.57 bits per heavy atom. The van der Waals surface area contributed by atoms with Crippen LogP contribution in [0.25, 0.3) is 0 Å². The van der Waals surface area contributed by atoms with Crippen molar-refractivity contribution in [2.45, 2.75) is 39.3 Å². The largest absolute Gasteiger partial charge is 0.497 e. The van der Waals surface area contributed by atoms with E-state index in [-0.39, 0.29) is 0 Å². The van der Waals surface area contributed by atoms with E-state index in [9.17, 15) is 5.26 Å². The van der Waals surface area contributed by atoms with Gasteiger partial charge in [-0.25, -0.2) is 4.98 Å². The number of hydrogen-bond donors (Lipinski definition) is 0. The number of halogens is 1. The molecule has 5 nitrogen and oxygen atoms in total. The molecule has 1 aromatic heterocycles. The zero-order valence-corrected chi connectivity index (χ0v) is 18.5. The summed E-state index contributed by atoms with van der Waals surface area (Å²) in [5.41, 5.74) is 2.91. The van der Waals surface area contributed by atoms with E-state index < -0.39 is 0 Å². The molecule has 0 bridgehead atoms.